The Balaban J connectivity index is 1.55. The number of tetrazole rings is 1. The first-order valence-corrected chi connectivity index (χ1v) is 9.11. The van der Waals surface area contributed by atoms with Crippen LogP contribution in [0.4, 0.5) is 0 Å². The molecule has 2 heterocycles. The maximum Gasteiger partial charge on any atom is 0.231 e. The molecule has 0 spiro atoms. The van der Waals surface area contributed by atoms with Gasteiger partial charge in [-0.3, -0.25) is 4.79 Å². The predicted molar refractivity (Wildman–Crippen MR) is 86.8 cm³/mol. The number of amides is 1. The third kappa shape index (κ3) is 3.89. The van der Waals surface area contributed by atoms with Crippen LogP contribution in [-0.4, -0.2) is 37.4 Å². The molecule has 1 aliphatic carbocycles. The molecule has 2 aromatic heterocycles. The number of aromatic nitrogens is 4. The maximum atomic E-state index is 12.1. The van der Waals surface area contributed by atoms with E-state index >= 15 is 0 Å². The van der Waals surface area contributed by atoms with E-state index in [9.17, 15) is 10.1 Å². The van der Waals surface area contributed by atoms with Gasteiger partial charge in [-0.25, -0.2) is 4.68 Å². The SMILES string of the molecule is CC(C#N)(NC(=O)CSc1nnnn1Cc1cccs1)C1CC1. The highest BCUT2D eigenvalue weighted by atomic mass is 32.2. The molecule has 1 saturated carbocycles. The van der Waals surface area contributed by atoms with E-state index in [0.717, 1.165) is 17.7 Å². The van der Waals surface area contributed by atoms with Crippen molar-refractivity contribution in [1.29, 1.82) is 5.26 Å². The van der Waals surface area contributed by atoms with Crippen LogP contribution in [0.2, 0.25) is 0 Å². The number of thioether (sulfide) groups is 1. The fraction of sp³-hybridized carbons (Fsp3) is 0.500. The molecule has 0 radical (unpaired) electrons. The van der Waals surface area contributed by atoms with Crippen molar-refractivity contribution in [3.63, 3.8) is 0 Å². The van der Waals surface area contributed by atoms with Crippen LogP contribution in [-0.2, 0) is 11.3 Å². The quantitative estimate of drug-likeness (QED) is 0.765. The van der Waals surface area contributed by atoms with Crippen LogP contribution in [0.25, 0.3) is 0 Å². The number of nitriles is 1. The molecule has 1 aliphatic rings. The van der Waals surface area contributed by atoms with Crippen LogP contribution in [0.15, 0.2) is 22.7 Å². The second-order valence-corrected chi connectivity index (χ2v) is 7.60. The van der Waals surface area contributed by atoms with Crippen molar-refractivity contribution >= 4 is 29.0 Å². The lowest BCUT2D eigenvalue weighted by molar-refractivity contribution is -0.119. The van der Waals surface area contributed by atoms with E-state index in [1.807, 2.05) is 17.5 Å². The fourth-order valence-electron chi connectivity index (χ4n) is 2.29. The van der Waals surface area contributed by atoms with Crippen molar-refractivity contribution in [2.75, 3.05) is 5.75 Å². The molecule has 0 aromatic carbocycles. The second kappa shape index (κ2) is 6.68. The average Bonchev–Trinajstić information content (AvgIpc) is 3.12. The molecule has 1 N–H and O–H groups in total. The number of hydrogen-bond acceptors (Lipinski definition) is 7. The van der Waals surface area contributed by atoms with E-state index in [1.165, 1.54) is 11.8 Å². The highest BCUT2D eigenvalue weighted by molar-refractivity contribution is 7.99. The topological polar surface area (TPSA) is 96.5 Å². The van der Waals surface area contributed by atoms with Crippen LogP contribution < -0.4 is 5.32 Å². The number of rotatable bonds is 7. The minimum absolute atomic E-state index is 0.170. The number of carbonyl (C=O) groups excluding carboxylic acids is 1. The lowest BCUT2D eigenvalue weighted by atomic mass is 9.98. The van der Waals surface area contributed by atoms with Crippen LogP contribution in [0, 0.1) is 17.2 Å². The molecular weight excluding hydrogens is 332 g/mol. The summed E-state index contributed by atoms with van der Waals surface area (Å²) in [6.45, 7) is 2.38. The smallest absolute Gasteiger partial charge is 0.231 e. The van der Waals surface area contributed by atoms with E-state index in [2.05, 4.69) is 26.9 Å². The highest BCUT2D eigenvalue weighted by Gasteiger charge is 2.42. The van der Waals surface area contributed by atoms with Crippen molar-refractivity contribution in [1.82, 2.24) is 25.5 Å². The zero-order valence-electron chi connectivity index (χ0n) is 12.6. The van der Waals surface area contributed by atoms with E-state index in [-0.39, 0.29) is 17.6 Å². The molecule has 1 unspecified atom stereocenters. The predicted octanol–water partition coefficient (Wildman–Crippen LogP) is 1.68. The summed E-state index contributed by atoms with van der Waals surface area (Å²) in [4.78, 5) is 13.3. The van der Waals surface area contributed by atoms with Gasteiger partial charge in [-0.2, -0.15) is 5.26 Å². The molecule has 23 heavy (non-hydrogen) atoms. The normalized spacial score (nSPS) is 16.5. The molecule has 7 nitrogen and oxygen atoms in total. The van der Waals surface area contributed by atoms with Gasteiger partial charge in [0.15, 0.2) is 0 Å². The zero-order valence-corrected chi connectivity index (χ0v) is 14.2. The summed E-state index contributed by atoms with van der Waals surface area (Å²) in [5.41, 5.74) is -0.763. The van der Waals surface area contributed by atoms with Gasteiger partial charge in [0.05, 0.1) is 18.4 Å². The summed E-state index contributed by atoms with van der Waals surface area (Å²) < 4.78 is 1.67. The standard InChI is InChI=1S/C14H16N6OS2/c1-14(9-15,10-4-5-10)16-12(21)8-23-13-17-18-19-20(13)7-11-3-2-6-22-11/h2-3,6,10H,4-5,7-8H2,1H3,(H,16,21). The van der Waals surface area contributed by atoms with Crippen LogP contribution in [0.5, 0.6) is 0 Å². The van der Waals surface area contributed by atoms with Gasteiger partial charge in [0.2, 0.25) is 11.1 Å². The van der Waals surface area contributed by atoms with Gasteiger partial charge in [-0.1, -0.05) is 17.8 Å². The number of carbonyl (C=O) groups is 1. The molecule has 0 saturated heterocycles. The average molecular weight is 348 g/mol. The maximum absolute atomic E-state index is 12.1. The number of nitrogens with one attached hydrogen (secondary N) is 1. The molecule has 1 atom stereocenters. The third-order valence-corrected chi connectivity index (χ3v) is 5.56. The molecule has 9 heteroatoms. The van der Waals surface area contributed by atoms with Crippen molar-refractivity contribution < 1.29 is 4.79 Å². The summed E-state index contributed by atoms with van der Waals surface area (Å²) in [7, 11) is 0. The Kier molecular flexibility index (Phi) is 4.63. The first kappa shape index (κ1) is 16.0. The monoisotopic (exact) mass is 348 g/mol. The molecule has 1 fully saturated rings. The molecule has 120 valence electrons. The van der Waals surface area contributed by atoms with E-state index in [4.69, 9.17) is 0 Å². The lowest BCUT2D eigenvalue weighted by Crippen LogP contribution is -2.47. The lowest BCUT2D eigenvalue weighted by Gasteiger charge is -2.22. The van der Waals surface area contributed by atoms with Crippen molar-refractivity contribution in [2.24, 2.45) is 5.92 Å². The summed E-state index contributed by atoms with van der Waals surface area (Å²) in [6, 6.07) is 6.21. The van der Waals surface area contributed by atoms with Gasteiger partial charge >= 0.3 is 0 Å². The summed E-state index contributed by atoms with van der Waals surface area (Å²) in [6.07, 6.45) is 1.99. The summed E-state index contributed by atoms with van der Waals surface area (Å²) in [5.74, 6) is 0.289. The summed E-state index contributed by atoms with van der Waals surface area (Å²) in [5, 5.41) is 26.3. The van der Waals surface area contributed by atoms with E-state index in [0.29, 0.717) is 11.7 Å². The number of hydrogen-bond donors (Lipinski definition) is 1. The third-order valence-electron chi connectivity index (χ3n) is 3.74. The largest absolute Gasteiger partial charge is 0.337 e. The Bertz CT molecular complexity index is 718. The first-order valence-electron chi connectivity index (χ1n) is 7.24. The minimum Gasteiger partial charge on any atom is -0.337 e. The highest BCUT2D eigenvalue weighted by Crippen LogP contribution is 2.39. The molecule has 0 aliphatic heterocycles. The van der Waals surface area contributed by atoms with Gasteiger partial charge in [0.25, 0.3) is 0 Å². The van der Waals surface area contributed by atoms with Crippen LogP contribution in [0.1, 0.15) is 24.6 Å². The van der Waals surface area contributed by atoms with Gasteiger partial charge in [0.1, 0.15) is 5.54 Å². The van der Waals surface area contributed by atoms with E-state index < -0.39 is 5.54 Å². The summed E-state index contributed by atoms with van der Waals surface area (Å²) >= 11 is 2.91. The molecule has 2 aromatic rings. The molecule has 3 rings (SSSR count). The Morgan fingerprint density at radius 1 is 1.65 bits per heavy atom. The van der Waals surface area contributed by atoms with Gasteiger partial charge in [0, 0.05) is 4.88 Å². The van der Waals surface area contributed by atoms with Gasteiger partial charge < -0.3 is 5.32 Å². The van der Waals surface area contributed by atoms with Crippen molar-refractivity contribution in [2.45, 2.75) is 37.0 Å². The second-order valence-electron chi connectivity index (χ2n) is 5.62. The Labute approximate surface area is 142 Å². The number of nitrogens with zero attached hydrogens (tertiary/aromatic N) is 5. The zero-order chi connectivity index (χ0) is 16.3. The Morgan fingerprint density at radius 2 is 2.48 bits per heavy atom. The first-order chi connectivity index (χ1) is 11.1. The van der Waals surface area contributed by atoms with Gasteiger partial charge in [-0.15, -0.1) is 16.4 Å². The molecular formula is C14H16N6OS2. The van der Waals surface area contributed by atoms with Crippen LogP contribution >= 0.6 is 23.1 Å². The fourth-order valence-corrected chi connectivity index (χ4v) is 3.65. The Morgan fingerprint density at radius 3 is 3.13 bits per heavy atom. The van der Waals surface area contributed by atoms with Crippen molar-refractivity contribution in [3.05, 3.63) is 22.4 Å². The molecule has 1 amide bonds. The van der Waals surface area contributed by atoms with Crippen LogP contribution in [0.3, 0.4) is 0 Å². The van der Waals surface area contributed by atoms with E-state index in [1.54, 1.807) is 22.9 Å². The number of thiophene rings is 1. The van der Waals surface area contributed by atoms with Crippen molar-refractivity contribution in [3.8, 4) is 6.07 Å². The van der Waals surface area contributed by atoms with Gasteiger partial charge in [-0.05, 0) is 47.6 Å². The minimum atomic E-state index is -0.763. The Hall–Kier alpha value is -1.92. The molecule has 0 bridgehead atoms.